The molecule has 0 atom stereocenters. The average molecular weight is 507 g/mol. The third kappa shape index (κ3) is 9.52. The Balaban J connectivity index is 0.00000512. The number of aromatic nitrogens is 2. The molecule has 0 bridgehead atoms. The second-order valence-corrected chi connectivity index (χ2v) is 8.71. The van der Waals surface area contributed by atoms with Crippen LogP contribution < -0.4 is 5.73 Å². The second kappa shape index (κ2) is 13.7. The zero-order valence-corrected chi connectivity index (χ0v) is 18.7. The normalized spacial score (nSPS) is 11.9. The van der Waals surface area contributed by atoms with Crippen LogP contribution in [-0.4, -0.2) is 94.2 Å². The van der Waals surface area contributed by atoms with Gasteiger partial charge in [0, 0.05) is 34.3 Å². The summed E-state index contributed by atoms with van der Waals surface area (Å²) >= 11 is 0.862. The van der Waals surface area contributed by atoms with E-state index >= 15 is 0 Å². The standard InChI is InChI=1S/C19H23N4O6PS.K.H/c1-13(23(12-24)11-16-10-21-14(2)22-18(16)20)17(8-9-29-30(26,27)28)31-19(25)15-6-4-3-5-7-15;;/h3-7,10,12H,8-9,11H2,1-2H3,(H2,20,21,22)(H2,26,27,28);;. The Hall–Kier alpha value is -0.924. The number of hydrogen-bond donors (Lipinski definition) is 3. The molecule has 1 aromatic heterocycles. The molecule has 0 aliphatic heterocycles. The third-order valence-corrected chi connectivity index (χ3v) is 5.82. The fourth-order valence-electron chi connectivity index (χ4n) is 2.52. The van der Waals surface area contributed by atoms with E-state index < -0.39 is 7.82 Å². The summed E-state index contributed by atoms with van der Waals surface area (Å²) in [6.45, 7) is 3.03. The van der Waals surface area contributed by atoms with Crippen molar-refractivity contribution in [3.8, 4) is 0 Å². The monoisotopic (exact) mass is 506 g/mol. The van der Waals surface area contributed by atoms with Gasteiger partial charge < -0.3 is 20.4 Å². The van der Waals surface area contributed by atoms with Gasteiger partial charge in [-0.3, -0.25) is 14.1 Å². The molecule has 1 amide bonds. The number of nitrogen functional groups attached to an aromatic ring is 1. The van der Waals surface area contributed by atoms with Crippen LogP contribution in [0.5, 0.6) is 0 Å². The molecule has 1 heterocycles. The van der Waals surface area contributed by atoms with Crippen LogP contribution in [0.1, 0.15) is 35.1 Å². The first-order valence-corrected chi connectivity index (χ1v) is 11.4. The van der Waals surface area contributed by atoms with Crippen LogP contribution >= 0.6 is 19.6 Å². The number of nitrogens with zero attached hydrogens (tertiary/aromatic N) is 3. The molecule has 0 saturated heterocycles. The first-order valence-electron chi connectivity index (χ1n) is 9.07. The van der Waals surface area contributed by atoms with Crippen LogP contribution in [0.3, 0.4) is 0 Å². The molecule has 10 nitrogen and oxygen atoms in total. The molecule has 32 heavy (non-hydrogen) atoms. The van der Waals surface area contributed by atoms with Gasteiger partial charge in [0.15, 0.2) is 0 Å². The molecular formula is C19H24KN4O6PS. The second-order valence-electron chi connectivity index (χ2n) is 6.40. The zero-order valence-electron chi connectivity index (χ0n) is 17.0. The number of thioether (sulfide) groups is 1. The van der Waals surface area contributed by atoms with E-state index in [2.05, 4.69) is 14.5 Å². The molecule has 2 aromatic rings. The molecule has 0 aliphatic carbocycles. The molecule has 2 rings (SSSR count). The molecule has 0 aliphatic rings. The predicted octanol–water partition coefficient (Wildman–Crippen LogP) is 1.98. The molecule has 1 aromatic carbocycles. The van der Waals surface area contributed by atoms with Crippen LogP contribution in [0.4, 0.5) is 5.82 Å². The number of phosphoric acid groups is 1. The average Bonchev–Trinajstić information content (AvgIpc) is 2.71. The molecule has 0 unspecified atom stereocenters. The zero-order chi connectivity index (χ0) is 23.0. The molecule has 168 valence electrons. The van der Waals surface area contributed by atoms with Crippen molar-refractivity contribution in [3.05, 3.63) is 64.1 Å². The Kier molecular flexibility index (Phi) is 12.5. The van der Waals surface area contributed by atoms with Crippen LogP contribution in [0, 0.1) is 6.92 Å². The Labute approximate surface area is 232 Å². The summed E-state index contributed by atoms with van der Waals surface area (Å²) < 4.78 is 15.5. The van der Waals surface area contributed by atoms with Gasteiger partial charge in [-0.25, -0.2) is 14.5 Å². The van der Waals surface area contributed by atoms with E-state index in [0.717, 1.165) is 11.8 Å². The quantitative estimate of drug-likeness (QED) is 0.247. The van der Waals surface area contributed by atoms with E-state index in [4.69, 9.17) is 15.5 Å². The summed E-state index contributed by atoms with van der Waals surface area (Å²) in [5.41, 5.74) is 7.29. The van der Waals surface area contributed by atoms with Gasteiger partial charge in [0.1, 0.15) is 11.6 Å². The number of phosphoric ester groups is 1. The SMILES string of the molecule is CC(=C(CCOP(=O)(O)O)SC(=O)c1ccccc1)N(C=O)Cc1cnc(C)nc1N.[KH]. The number of aryl methyl sites for hydroxylation is 1. The number of amides is 1. The van der Waals surface area contributed by atoms with Crippen LogP contribution in [-0.2, 0) is 20.4 Å². The maximum absolute atomic E-state index is 12.7. The van der Waals surface area contributed by atoms with Crippen molar-refractivity contribution in [2.75, 3.05) is 12.3 Å². The molecule has 0 saturated carbocycles. The van der Waals surface area contributed by atoms with E-state index in [1.165, 1.54) is 11.1 Å². The van der Waals surface area contributed by atoms with Gasteiger partial charge in [-0.05, 0) is 25.6 Å². The van der Waals surface area contributed by atoms with Crippen molar-refractivity contribution in [3.63, 3.8) is 0 Å². The van der Waals surface area contributed by atoms with Gasteiger partial charge in [-0.2, -0.15) is 0 Å². The number of carbonyl (C=O) groups excluding carboxylic acids is 2. The van der Waals surface area contributed by atoms with Gasteiger partial charge >= 0.3 is 59.2 Å². The van der Waals surface area contributed by atoms with Crippen molar-refractivity contribution < 1.29 is 28.5 Å². The van der Waals surface area contributed by atoms with E-state index in [1.807, 2.05) is 0 Å². The maximum atomic E-state index is 12.7. The summed E-state index contributed by atoms with van der Waals surface area (Å²) in [5, 5.41) is -0.282. The fourth-order valence-corrected chi connectivity index (χ4v) is 3.78. The number of nitrogens with two attached hydrogens (primary N) is 1. The Morgan fingerprint density at radius 3 is 2.53 bits per heavy atom. The van der Waals surface area contributed by atoms with Crippen molar-refractivity contribution in [2.24, 2.45) is 0 Å². The van der Waals surface area contributed by atoms with Crippen LogP contribution in [0.15, 0.2) is 47.1 Å². The summed E-state index contributed by atoms with van der Waals surface area (Å²) in [5.74, 6) is 0.719. The van der Waals surface area contributed by atoms with Gasteiger partial charge in [0.2, 0.25) is 11.5 Å². The first-order chi connectivity index (χ1) is 14.6. The summed E-state index contributed by atoms with van der Waals surface area (Å²) in [6.07, 6.45) is 2.09. The van der Waals surface area contributed by atoms with E-state index in [1.54, 1.807) is 44.2 Å². The van der Waals surface area contributed by atoms with Gasteiger partial charge in [0.05, 0.1) is 13.2 Å². The van der Waals surface area contributed by atoms with Gasteiger partial charge in [-0.1, -0.05) is 30.3 Å². The minimum atomic E-state index is -4.67. The number of hydrogen-bond acceptors (Lipinski definition) is 8. The van der Waals surface area contributed by atoms with Crippen LogP contribution in [0.2, 0.25) is 0 Å². The minimum absolute atomic E-state index is 0. The molecule has 0 radical (unpaired) electrons. The Morgan fingerprint density at radius 1 is 1.31 bits per heavy atom. The molecule has 4 N–H and O–H groups in total. The summed E-state index contributed by atoms with van der Waals surface area (Å²) in [7, 11) is -4.67. The van der Waals surface area contributed by atoms with Crippen LogP contribution in [0.25, 0.3) is 0 Å². The van der Waals surface area contributed by atoms with Crippen molar-refractivity contribution in [2.45, 2.75) is 26.8 Å². The fraction of sp³-hybridized carbons (Fsp3) is 0.263. The Morgan fingerprint density at radius 2 is 1.97 bits per heavy atom. The van der Waals surface area contributed by atoms with E-state index in [9.17, 15) is 14.2 Å². The van der Waals surface area contributed by atoms with Gasteiger partial charge in [-0.15, -0.1) is 0 Å². The van der Waals surface area contributed by atoms with E-state index in [0.29, 0.717) is 34.0 Å². The predicted molar refractivity (Wildman–Crippen MR) is 124 cm³/mol. The number of anilines is 1. The first kappa shape index (κ1) is 29.1. The topological polar surface area (TPSA) is 156 Å². The molecule has 13 heteroatoms. The Bertz CT molecular complexity index is 1020. The van der Waals surface area contributed by atoms with Crippen molar-refractivity contribution in [1.82, 2.24) is 14.9 Å². The van der Waals surface area contributed by atoms with E-state index in [-0.39, 0.29) is 81.9 Å². The van der Waals surface area contributed by atoms with Crippen molar-refractivity contribution >= 4 is 88.3 Å². The number of rotatable bonds is 10. The van der Waals surface area contributed by atoms with Crippen molar-refractivity contribution in [1.29, 1.82) is 0 Å². The summed E-state index contributed by atoms with van der Waals surface area (Å²) in [6, 6.07) is 8.52. The van der Waals surface area contributed by atoms with Gasteiger partial charge in [0.25, 0.3) is 0 Å². The molecule has 0 fully saturated rings. The number of benzene rings is 1. The third-order valence-electron chi connectivity index (χ3n) is 4.13. The summed E-state index contributed by atoms with van der Waals surface area (Å²) in [4.78, 5) is 52.2. The number of carbonyl (C=O) groups is 2. The molecule has 0 spiro atoms. The molecular weight excluding hydrogens is 482 g/mol. The number of allylic oxidation sites excluding steroid dienone is 1.